The number of carbonyl (C=O) groups excluding carboxylic acids is 1. The number of aromatic nitrogens is 3. The van der Waals surface area contributed by atoms with Crippen LogP contribution in [0.5, 0.6) is 0 Å². The van der Waals surface area contributed by atoms with Gasteiger partial charge >= 0.3 is 0 Å². The van der Waals surface area contributed by atoms with Crippen LogP contribution in [0.2, 0.25) is 0 Å². The fraction of sp³-hybridized carbons (Fsp3) is 0.429. The number of hydrogen-bond acceptors (Lipinski definition) is 4. The number of rotatable bonds is 9. The highest BCUT2D eigenvalue weighted by atomic mass is 32.2. The van der Waals surface area contributed by atoms with Gasteiger partial charge in [-0.1, -0.05) is 38.0 Å². The standard InChI is InChI=1S/C21H28N4O3S/c1-4-5-8-15-29(27,28)23-20(26)12-11-18-16(2)22-24(3)21(18)25-14-13-17-9-6-7-10-19(17)25/h6-7,9-10,13-14H,4-5,8,11-12,15H2,1-3H3,(H,23,26). The molecule has 2 heterocycles. The third-order valence-electron chi connectivity index (χ3n) is 5.03. The molecule has 8 heteroatoms. The number of hydrogen-bond donors (Lipinski definition) is 1. The van der Waals surface area contributed by atoms with Gasteiger partial charge < -0.3 is 4.57 Å². The minimum absolute atomic E-state index is 0.0148. The normalized spacial score (nSPS) is 11.8. The van der Waals surface area contributed by atoms with Crippen LogP contribution in [0.1, 0.15) is 43.9 Å². The van der Waals surface area contributed by atoms with Crippen LogP contribution in [0.15, 0.2) is 36.5 Å². The Labute approximate surface area is 171 Å². The summed E-state index contributed by atoms with van der Waals surface area (Å²) in [5.74, 6) is 0.398. The zero-order valence-corrected chi connectivity index (χ0v) is 18.0. The van der Waals surface area contributed by atoms with Crippen molar-refractivity contribution >= 4 is 26.8 Å². The second-order valence-electron chi connectivity index (χ2n) is 7.31. The lowest BCUT2D eigenvalue weighted by Gasteiger charge is -2.10. The number of carbonyl (C=O) groups is 1. The van der Waals surface area contributed by atoms with E-state index in [0.29, 0.717) is 12.8 Å². The Morgan fingerprint density at radius 3 is 2.69 bits per heavy atom. The van der Waals surface area contributed by atoms with E-state index in [4.69, 9.17) is 0 Å². The van der Waals surface area contributed by atoms with Crippen LogP contribution in [0.25, 0.3) is 16.7 Å². The van der Waals surface area contributed by atoms with Gasteiger partial charge in [0.2, 0.25) is 15.9 Å². The summed E-state index contributed by atoms with van der Waals surface area (Å²) in [5, 5.41) is 5.64. The molecule has 3 rings (SSSR count). The third-order valence-corrected chi connectivity index (χ3v) is 6.39. The molecule has 0 fully saturated rings. The summed E-state index contributed by atoms with van der Waals surface area (Å²) in [6.07, 6.45) is 4.82. The molecule has 0 saturated carbocycles. The van der Waals surface area contributed by atoms with Crippen molar-refractivity contribution in [2.45, 2.75) is 46.0 Å². The van der Waals surface area contributed by atoms with E-state index in [1.54, 1.807) is 4.68 Å². The lowest BCUT2D eigenvalue weighted by molar-refractivity contribution is -0.119. The number of aryl methyl sites for hydroxylation is 2. The van der Waals surface area contributed by atoms with Gasteiger partial charge in [-0.15, -0.1) is 0 Å². The Kier molecular flexibility index (Phi) is 6.42. The average molecular weight is 417 g/mol. The van der Waals surface area contributed by atoms with Crippen molar-refractivity contribution < 1.29 is 13.2 Å². The number of benzene rings is 1. The van der Waals surface area contributed by atoms with Gasteiger partial charge in [-0.25, -0.2) is 8.42 Å². The molecular formula is C21H28N4O3S. The summed E-state index contributed by atoms with van der Waals surface area (Å²) in [6, 6.07) is 10.1. The number of fused-ring (bicyclic) bond motifs is 1. The molecule has 0 aliphatic rings. The monoisotopic (exact) mass is 416 g/mol. The van der Waals surface area contributed by atoms with E-state index in [1.807, 2.05) is 57.4 Å². The number of nitrogens with zero attached hydrogens (tertiary/aromatic N) is 3. The maximum Gasteiger partial charge on any atom is 0.234 e. The second-order valence-corrected chi connectivity index (χ2v) is 9.15. The zero-order valence-electron chi connectivity index (χ0n) is 17.2. The molecule has 0 spiro atoms. The highest BCUT2D eigenvalue weighted by Crippen LogP contribution is 2.25. The smallest absolute Gasteiger partial charge is 0.234 e. The summed E-state index contributed by atoms with van der Waals surface area (Å²) >= 11 is 0. The maximum atomic E-state index is 12.3. The van der Waals surface area contributed by atoms with E-state index in [1.165, 1.54) is 0 Å². The summed E-state index contributed by atoms with van der Waals surface area (Å²) in [6.45, 7) is 3.91. The van der Waals surface area contributed by atoms with Crippen molar-refractivity contribution in [3.05, 3.63) is 47.8 Å². The fourth-order valence-electron chi connectivity index (χ4n) is 3.61. The number of para-hydroxylation sites is 1. The molecule has 156 valence electrons. The van der Waals surface area contributed by atoms with E-state index >= 15 is 0 Å². The van der Waals surface area contributed by atoms with Crippen molar-refractivity contribution in [3.8, 4) is 5.82 Å². The lowest BCUT2D eigenvalue weighted by atomic mass is 10.1. The summed E-state index contributed by atoms with van der Waals surface area (Å²) < 4.78 is 30.1. The van der Waals surface area contributed by atoms with Crippen LogP contribution in [0, 0.1) is 6.92 Å². The van der Waals surface area contributed by atoms with Gasteiger partial charge in [0.05, 0.1) is 17.0 Å². The Balaban J connectivity index is 1.76. The first-order valence-electron chi connectivity index (χ1n) is 9.94. The van der Waals surface area contributed by atoms with E-state index < -0.39 is 15.9 Å². The number of sulfonamides is 1. The van der Waals surface area contributed by atoms with Gasteiger partial charge in [0.1, 0.15) is 5.82 Å². The van der Waals surface area contributed by atoms with Gasteiger partial charge in [0.15, 0.2) is 0 Å². The fourth-order valence-corrected chi connectivity index (χ4v) is 4.74. The van der Waals surface area contributed by atoms with Crippen LogP contribution >= 0.6 is 0 Å². The molecule has 1 aromatic carbocycles. The minimum Gasteiger partial charge on any atom is -0.301 e. The van der Waals surface area contributed by atoms with Crippen molar-refractivity contribution in [3.63, 3.8) is 0 Å². The van der Waals surface area contributed by atoms with E-state index in [2.05, 4.69) is 14.4 Å². The molecule has 3 aromatic rings. The summed E-state index contributed by atoms with van der Waals surface area (Å²) in [7, 11) is -1.70. The van der Waals surface area contributed by atoms with Gasteiger partial charge in [0, 0.05) is 25.2 Å². The molecule has 0 saturated heterocycles. The lowest BCUT2D eigenvalue weighted by Crippen LogP contribution is -2.32. The van der Waals surface area contributed by atoms with Crippen LogP contribution in [0.3, 0.4) is 0 Å². The number of nitrogens with one attached hydrogen (secondary N) is 1. The quantitative estimate of drug-likeness (QED) is 0.543. The van der Waals surface area contributed by atoms with E-state index in [0.717, 1.165) is 40.8 Å². The Morgan fingerprint density at radius 2 is 1.93 bits per heavy atom. The predicted octanol–water partition coefficient (Wildman–Crippen LogP) is 3.24. The summed E-state index contributed by atoms with van der Waals surface area (Å²) in [4.78, 5) is 12.3. The zero-order chi connectivity index (χ0) is 21.0. The molecule has 1 N–H and O–H groups in total. The Bertz CT molecular complexity index is 1110. The van der Waals surface area contributed by atoms with Gasteiger partial charge in [-0.3, -0.25) is 14.2 Å². The molecule has 29 heavy (non-hydrogen) atoms. The Morgan fingerprint density at radius 1 is 1.17 bits per heavy atom. The molecule has 2 aromatic heterocycles. The molecule has 0 unspecified atom stereocenters. The second kappa shape index (κ2) is 8.82. The largest absolute Gasteiger partial charge is 0.301 e. The molecular weight excluding hydrogens is 388 g/mol. The Hall–Kier alpha value is -2.61. The predicted molar refractivity (Wildman–Crippen MR) is 115 cm³/mol. The van der Waals surface area contributed by atoms with Crippen LogP contribution < -0.4 is 4.72 Å². The third kappa shape index (κ3) is 4.87. The first kappa shape index (κ1) is 21.1. The van der Waals surface area contributed by atoms with Crippen LogP contribution in [-0.4, -0.2) is 34.4 Å². The summed E-state index contributed by atoms with van der Waals surface area (Å²) in [5.41, 5.74) is 2.82. The molecule has 0 atom stereocenters. The van der Waals surface area contributed by atoms with Gasteiger partial charge in [-0.2, -0.15) is 5.10 Å². The van der Waals surface area contributed by atoms with Crippen molar-refractivity contribution in [1.29, 1.82) is 0 Å². The topological polar surface area (TPSA) is 86.0 Å². The number of unbranched alkanes of at least 4 members (excludes halogenated alkanes) is 2. The highest BCUT2D eigenvalue weighted by Gasteiger charge is 2.19. The van der Waals surface area contributed by atoms with Gasteiger partial charge in [-0.05, 0) is 37.3 Å². The van der Waals surface area contributed by atoms with Crippen molar-refractivity contribution in [2.24, 2.45) is 7.05 Å². The van der Waals surface area contributed by atoms with Crippen LogP contribution in [-0.2, 0) is 28.3 Å². The van der Waals surface area contributed by atoms with E-state index in [9.17, 15) is 13.2 Å². The molecule has 0 aliphatic heterocycles. The average Bonchev–Trinajstić information content (AvgIpc) is 3.19. The molecule has 0 aliphatic carbocycles. The molecule has 0 bridgehead atoms. The first-order chi connectivity index (χ1) is 13.8. The van der Waals surface area contributed by atoms with Crippen molar-refractivity contribution in [1.82, 2.24) is 19.1 Å². The SMILES string of the molecule is CCCCCS(=O)(=O)NC(=O)CCc1c(C)nn(C)c1-n1ccc2ccccc21. The van der Waals surface area contributed by atoms with Gasteiger partial charge in [0.25, 0.3) is 0 Å². The van der Waals surface area contributed by atoms with E-state index in [-0.39, 0.29) is 12.2 Å². The molecule has 7 nitrogen and oxygen atoms in total. The number of amides is 1. The van der Waals surface area contributed by atoms with Crippen LogP contribution in [0.4, 0.5) is 0 Å². The maximum absolute atomic E-state index is 12.3. The molecule has 1 amide bonds. The van der Waals surface area contributed by atoms with Crippen molar-refractivity contribution in [2.75, 3.05) is 5.75 Å². The first-order valence-corrected chi connectivity index (χ1v) is 11.6. The highest BCUT2D eigenvalue weighted by molar-refractivity contribution is 7.90. The minimum atomic E-state index is -3.57. The molecule has 0 radical (unpaired) electrons.